The molecule has 8 aromatic carbocycles. The summed E-state index contributed by atoms with van der Waals surface area (Å²) < 4.78 is 2.38. The van der Waals surface area contributed by atoms with Crippen molar-refractivity contribution in [3.05, 3.63) is 182 Å². The zero-order valence-corrected chi connectivity index (χ0v) is 26.2. The van der Waals surface area contributed by atoms with Crippen LogP contribution in [-0.4, -0.2) is 4.57 Å². The number of aromatic nitrogens is 1. The van der Waals surface area contributed by atoms with Crippen LogP contribution < -0.4 is 4.90 Å². The summed E-state index contributed by atoms with van der Waals surface area (Å²) in [5.74, 6) is 0. The van der Waals surface area contributed by atoms with E-state index in [1.807, 2.05) is 0 Å². The summed E-state index contributed by atoms with van der Waals surface area (Å²) in [4.78, 5) is 2.41. The molecule has 0 atom stereocenters. The molecule has 10 rings (SSSR count). The van der Waals surface area contributed by atoms with Gasteiger partial charge in [-0.05, 0) is 105 Å². The van der Waals surface area contributed by atoms with Crippen LogP contribution in [0.3, 0.4) is 0 Å². The highest BCUT2D eigenvalue weighted by molar-refractivity contribution is 6.16. The molecule has 0 saturated carbocycles. The Kier molecular flexibility index (Phi) is 5.91. The Bertz CT molecular complexity index is 2610. The number of benzene rings is 8. The van der Waals surface area contributed by atoms with Gasteiger partial charge in [0.2, 0.25) is 0 Å². The standard InChI is InChI=1S/C46H30N2/c1-2-12-31(13-3-1)32-14-10-16-36(28-32)47(37-29-33-15-11-21-42-38-17-4-5-18-39(38)43(30-37)46(33)42)34-24-26-35(27-25-34)48-44-22-8-6-19-40(44)41-20-7-9-23-45(41)48/h1-30H. The lowest BCUT2D eigenvalue weighted by Crippen LogP contribution is -2.10. The average Bonchev–Trinajstić information content (AvgIpc) is 3.67. The molecule has 0 amide bonds. The molecule has 0 N–H and O–H groups in total. The third-order valence-electron chi connectivity index (χ3n) is 9.88. The highest BCUT2D eigenvalue weighted by Gasteiger charge is 2.24. The van der Waals surface area contributed by atoms with E-state index in [2.05, 4.69) is 191 Å². The van der Waals surface area contributed by atoms with Crippen LogP contribution >= 0.6 is 0 Å². The molecule has 0 spiro atoms. The Balaban J connectivity index is 1.17. The van der Waals surface area contributed by atoms with Gasteiger partial charge in [0.15, 0.2) is 0 Å². The zero-order valence-electron chi connectivity index (χ0n) is 26.2. The van der Waals surface area contributed by atoms with Crippen molar-refractivity contribution < 1.29 is 0 Å². The minimum atomic E-state index is 1.11. The number of anilines is 3. The number of rotatable bonds is 5. The van der Waals surface area contributed by atoms with E-state index in [-0.39, 0.29) is 0 Å². The second kappa shape index (κ2) is 10.6. The van der Waals surface area contributed by atoms with Crippen molar-refractivity contribution >= 4 is 49.6 Å². The first-order valence-corrected chi connectivity index (χ1v) is 16.5. The maximum absolute atomic E-state index is 2.41. The summed E-state index contributed by atoms with van der Waals surface area (Å²) >= 11 is 0. The molecule has 0 unspecified atom stereocenters. The monoisotopic (exact) mass is 610 g/mol. The van der Waals surface area contributed by atoms with E-state index >= 15 is 0 Å². The SMILES string of the molecule is c1ccc(-c2cccc(N(c3ccc(-n4c5ccccc5c5ccccc54)cc3)c3cc4c5c(cccc5c3)-c3ccccc3-4)c2)cc1. The first-order valence-electron chi connectivity index (χ1n) is 16.5. The molecular weight excluding hydrogens is 581 g/mol. The van der Waals surface area contributed by atoms with Crippen molar-refractivity contribution in [1.29, 1.82) is 0 Å². The fourth-order valence-electron chi connectivity index (χ4n) is 7.78. The molecule has 1 aliphatic rings. The summed E-state index contributed by atoms with van der Waals surface area (Å²) in [6.07, 6.45) is 0. The number of hydrogen-bond donors (Lipinski definition) is 0. The second-order valence-electron chi connectivity index (χ2n) is 12.6. The number of fused-ring (bicyclic) bond motifs is 6. The van der Waals surface area contributed by atoms with Crippen LogP contribution in [0.5, 0.6) is 0 Å². The van der Waals surface area contributed by atoms with E-state index in [9.17, 15) is 0 Å². The van der Waals surface area contributed by atoms with Gasteiger partial charge in [0.05, 0.1) is 11.0 Å². The van der Waals surface area contributed by atoms with Crippen LogP contribution in [0.4, 0.5) is 17.1 Å². The maximum atomic E-state index is 2.41. The van der Waals surface area contributed by atoms with Gasteiger partial charge in [-0.15, -0.1) is 0 Å². The predicted octanol–water partition coefficient (Wildman–Crippen LogP) is 12.7. The molecule has 2 heteroatoms. The van der Waals surface area contributed by atoms with Crippen LogP contribution in [-0.2, 0) is 0 Å². The fraction of sp³-hybridized carbons (Fsp3) is 0. The molecule has 1 heterocycles. The van der Waals surface area contributed by atoms with Crippen LogP contribution in [0.2, 0.25) is 0 Å². The Morgan fingerprint density at radius 2 is 0.958 bits per heavy atom. The molecule has 2 nitrogen and oxygen atoms in total. The third kappa shape index (κ3) is 4.06. The van der Waals surface area contributed by atoms with Gasteiger partial charge in [-0.25, -0.2) is 0 Å². The Morgan fingerprint density at radius 1 is 0.354 bits per heavy atom. The summed E-state index contributed by atoms with van der Waals surface area (Å²) in [5, 5.41) is 5.13. The lowest BCUT2D eigenvalue weighted by atomic mass is 10.0. The van der Waals surface area contributed by atoms with Gasteiger partial charge in [-0.1, -0.05) is 121 Å². The number of nitrogens with zero attached hydrogens (tertiary/aromatic N) is 2. The Morgan fingerprint density at radius 3 is 1.71 bits per heavy atom. The summed E-state index contributed by atoms with van der Waals surface area (Å²) in [5.41, 5.74) is 14.6. The molecule has 1 aromatic heterocycles. The van der Waals surface area contributed by atoms with Crippen LogP contribution in [0.1, 0.15) is 0 Å². The van der Waals surface area contributed by atoms with E-state index in [4.69, 9.17) is 0 Å². The van der Waals surface area contributed by atoms with Crippen LogP contribution in [0, 0.1) is 0 Å². The largest absolute Gasteiger partial charge is 0.310 e. The average molecular weight is 611 g/mol. The molecule has 9 aromatic rings. The number of para-hydroxylation sites is 2. The Hall–Kier alpha value is -6.38. The van der Waals surface area contributed by atoms with Gasteiger partial charge in [0.1, 0.15) is 0 Å². The van der Waals surface area contributed by atoms with Gasteiger partial charge in [-0.2, -0.15) is 0 Å². The van der Waals surface area contributed by atoms with Gasteiger partial charge < -0.3 is 9.47 Å². The fourth-order valence-corrected chi connectivity index (χ4v) is 7.78. The van der Waals surface area contributed by atoms with Crippen molar-refractivity contribution in [3.8, 4) is 39.1 Å². The van der Waals surface area contributed by atoms with E-state index < -0.39 is 0 Å². The van der Waals surface area contributed by atoms with E-state index in [1.54, 1.807) is 0 Å². The Labute approximate surface area is 279 Å². The van der Waals surface area contributed by atoms with E-state index in [1.165, 1.54) is 66.0 Å². The van der Waals surface area contributed by atoms with Gasteiger partial charge >= 0.3 is 0 Å². The minimum Gasteiger partial charge on any atom is -0.310 e. The lowest BCUT2D eigenvalue weighted by molar-refractivity contribution is 1.17. The molecule has 48 heavy (non-hydrogen) atoms. The quantitative estimate of drug-likeness (QED) is 0.188. The topological polar surface area (TPSA) is 8.17 Å². The third-order valence-corrected chi connectivity index (χ3v) is 9.88. The first-order chi connectivity index (χ1) is 23.8. The van der Waals surface area contributed by atoms with Crippen molar-refractivity contribution in [1.82, 2.24) is 4.57 Å². The van der Waals surface area contributed by atoms with Crippen molar-refractivity contribution in [2.75, 3.05) is 4.90 Å². The van der Waals surface area contributed by atoms with Gasteiger partial charge in [-0.3, -0.25) is 0 Å². The molecule has 1 aliphatic carbocycles. The molecule has 0 bridgehead atoms. The van der Waals surface area contributed by atoms with E-state index in [0.717, 1.165) is 22.7 Å². The number of hydrogen-bond acceptors (Lipinski definition) is 1. The smallest absolute Gasteiger partial charge is 0.0541 e. The highest BCUT2D eigenvalue weighted by atomic mass is 15.1. The highest BCUT2D eigenvalue weighted by Crippen LogP contribution is 2.50. The summed E-state index contributed by atoms with van der Waals surface area (Å²) in [7, 11) is 0. The summed E-state index contributed by atoms with van der Waals surface area (Å²) in [6, 6.07) is 66.2. The molecule has 0 aliphatic heterocycles. The summed E-state index contributed by atoms with van der Waals surface area (Å²) in [6.45, 7) is 0. The second-order valence-corrected chi connectivity index (χ2v) is 12.6. The molecule has 0 saturated heterocycles. The van der Waals surface area contributed by atoms with E-state index in [0.29, 0.717) is 0 Å². The van der Waals surface area contributed by atoms with Crippen LogP contribution in [0.15, 0.2) is 182 Å². The van der Waals surface area contributed by atoms with Gasteiger partial charge in [0, 0.05) is 33.5 Å². The lowest BCUT2D eigenvalue weighted by Gasteiger charge is -2.27. The normalized spacial score (nSPS) is 11.8. The molecule has 0 fully saturated rings. The van der Waals surface area contributed by atoms with Crippen molar-refractivity contribution in [3.63, 3.8) is 0 Å². The molecule has 224 valence electrons. The minimum absolute atomic E-state index is 1.11. The maximum Gasteiger partial charge on any atom is 0.0541 e. The molecular formula is C46H30N2. The predicted molar refractivity (Wildman–Crippen MR) is 203 cm³/mol. The van der Waals surface area contributed by atoms with Crippen LogP contribution in [0.25, 0.3) is 71.6 Å². The van der Waals surface area contributed by atoms with Gasteiger partial charge in [0.25, 0.3) is 0 Å². The first kappa shape index (κ1) is 26.8. The van der Waals surface area contributed by atoms with Crippen molar-refractivity contribution in [2.45, 2.75) is 0 Å². The van der Waals surface area contributed by atoms with Crippen molar-refractivity contribution in [2.24, 2.45) is 0 Å². The molecule has 0 radical (unpaired) electrons. The zero-order chi connectivity index (χ0) is 31.6.